The standard InChI is InChI=1S/C18H13.2BrH.Ti/c1-2-7-13(6-1)15-10-5-11-17-16-9-4-3-8-14(16)12-18(15)17;;;/h1-6,8-12H,7H2;2*1H;/q-1;;;+3/p-2. The quantitative estimate of drug-likeness (QED) is 0.341. The van der Waals surface area contributed by atoms with Gasteiger partial charge in [0.15, 0.2) is 0 Å². The zero-order valence-corrected chi connectivity index (χ0v) is 16.0. The Kier molecular flexibility index (Phi) is 6.74. The van der Waals surface area contributed by atoms with Crippen molar-refractivity contribution < 1.29 is 55.7 Å². The number of fused-ring (bicyclic) bond motifs is 3. The van der Waals surface area contributed by atoms with E-state index in [1.807, 2.05) is 0 Å². The average Bonchev–Trinajstić information content (AvgIpc) is 3.05. The molecule has 103 valence electrons. The molecule has 0 aliphatic heterocycles. The van der Waals surface area contributed by atoms with Gasteiger partial charge in [0.05, 0.1) is 0 Å². The van der Waals surface area contributed by atoms with Crippen LogP contribution in [-0.2, 0) is 21.7 Å². The molecular formula is C18H13Br2Ti. The Morgan fingerprint density at radius 3 is 2.38 bits per heavy atom. The number of hydrogen-bond donors (Lipinski definition) is 0. The summed E-state index contributed by atoms with van der Waals surface area (Å²) in [4.78, 5) is 0. The minimum Gasteiger partial charge on any atom is -1.00 e. The fourth-order valence-corrected chi connectivity index (χ4v) is 2.91. The Hall–Kier alpha value is -0.536. The Morgan fingerprint density at radius 2 is 1.62 bits per heavy atom. The van der Waals surface area contributed by atoms with Gasteiger partial charge in [-0.05, 0) is 6.42 Å². The van der Waals surface area contributed by atoms with Gasteiger partial charge in [-0.2, -0.15) is 0 Å². The van der Waals surface area contributed by atoms with Gasteiger partial charge in [-0.25, -0.2) is 0 Å². The van der Waals surface area contributed by atoms with Crippen molar-refractivity contribution in [1.82, 2.24) is 0 Å². The van der Waals surface area contributed by atoms with Gasteiger partial charge in [-0.15, -0.1) is 33.7 Å². The molecule has 3 aromatic carbocycles. The molecule has 4 rings (SSSR count). The third-order valence-electron chi connectivity index (χ3n) is 3.77. The van der Waals surface area contributed by atoms with Crippen LogP contribution in [0.25, 0.3) is 27.1 Å². The van der Waals surface area contributed by atoms with Crippen molar-refractivity contribution in [2.24, 2.45) is 0 Å². The van der Waals surface area contributed by atoms with Crippen molar-refractivity contribution in [1.29, 1.82) is 0 Å². The van der Waals surface area contributed by atoms with Crippen molar-refractivity contribution in [3.05, 3.63) is 72.3 Å². The number of rotatable bonds is 1. The van der Waals surface area contributed by atoms with Gasteiger partial charge in [0.1, 0.15) is 0 Å². The first-order valence-electron chi connectivity index (χ1n) is 6.37. The predicted octanol–water partition coefficient (Wildman–Crippen LogP) is -0.939. The van der Waals surface area contributed by atoms with Crippen molar-refractivity contribution >= 4 is 27.1 Å². The fourth-order valence-electron chi connectivity index (χ4n) is 2.91. The van der Waals surface area contributed by atoms with E-state index in [1.165, 1.54) is 32.7 Å². The van der Waals surface area contributed by atoms with Crippen LogP contribution in [0.2, 0.25) is 0 Å². The first-order valence-corrected chi connectivity index (χ1v) is 6.37. The molecule has 0 unspecified atom stereocenters. The van der Waals surface area contributed by atoms with Crippen LogP contribution in [0.1, 0.15) is 12.0 Å². The fraction of sp³-hybridized carbons (Fsp3) is 0.0556. The molecule has 3 aromatic rings. The summed E-state index contributed by atoms with van der Waals surface area (Å²) in [6.07, 6.45) is 7.65. The molecule has 0 saturated heterocycles. The summed E-state index contributed by atoms with van der Waals surface area (Å²) < 4.78 is 0. The summed E-state index contributed by atoms with van der Waals surface area (Å²) in [5.41, 5.74) is 2.81. The number of allylic oxidation sites excluding steroid dienone is 4. The van der Waals surface area contributed by atoms with E-state index in [-0.39, 0.29) is 55.7 Å². The molecule has 1 radical (unpaired) electrons. The van der Waals surface area contributed by atoms with E-state index in [0.29, 0.717) is 0 Å². The van der Waals surface area contributed by atoms with E-state index in [0.717, 1.165) is 6.42 Å². The summed E-state index contributed by atoms with van der Waals surface area (Å²) in [7, 11) is 0. The van der Waals surface area contributed by atoms with Gasteiger partial charge in [-0.3, -0.25) is 0 Å². The van der Waals surface area contributed by atoms with Crippen LogP contribution in [-0.4, -0.2) is 0 Å². The SMILES string of the molecule is C1=CCC(c2cccc3c2[cH-]c2ccccc23)=C1.[Br-].[Br-].[Ti+3]. The molecule has 0 amide bonds. The van der Waals surface area contributed by atoms with Crippen LogP contribution in [0.15, 0.2) is 66.8 Å². The third-order valence-corrected chi connectivity index (χ3v) is 3.77. The Morgan fingerprint density at radius 1 is 0.857 bits per heavy atom. The second-order valence-corrected chi connectivity index (χ2v) is 4.82. The van der Waals surface area contributed by atoms with Crippen molar-refractivity contribution in [2.45, 2.75) is 6.42 Å². The smallest absolute Gasteiger partial charge is 1.00 e. The van der Waals surface area contributed by atoms with Gasteiger partial charge in [-0.1, -0.05) is 65.8 Å². The number of halogens is 2. The molecule has 0 fully saturated rings. The molecule has 0 heterocycles. The van der Waals surface area contributed by atoms with Crippen LogP contribution in [0.3, 0.4) is 0 Å². The summed E-state index contributed by atoms with van der Waals surface area (Å²) in [5.74, 6) is 0. The normalized spacial score (nSPS) is 12.5. The minimum absolute atomic E-state index is 0. The van der Waals surface area contributed by atoms with Crippen molar-refractivity contribution in [2.75, 3.05) is 0 Å². The second-order valence-electron chi connectivity index (χ2n) is 4.82. The van der Waals surface area contributed by atoms with Gasteiger partial charge >= 0.3 is 21.7 Å². The summed E-state index contributed by atoms with van der Waals surface area (Å²) in [6, 6.07) is 17.6. The maximum Gasteiger partial charge on any atom is 3.00 e. The minimum atomic E-state index is 0. The molecule has 0 atom stereocenters. The molecule has 0 bridgehead atoms. The molecular weight excluding hydrogens is 424 g/mol. The molecule has 1 aliphatic carbocycles. The Balaban J connectivity index is 0.000000735. The average molecular weight is 437 g/mol. The number of hydrogen-bond acceptors (Lipinski definition) is 0. The third kappa shape index (κ3) is 3.14. The Labute approximate surface area is 160 Å². The molecule has 0 N–H and O–H groups in total. The van der Waals surface area contributed by atoms with Crippen LogP contribution in [0.4, 0.5) is 0 Å². The van der Waals surface area contributed by atoms with Crippen LogP contribution in [0.5, 0.6) is 0 Å². The second kappa shape index (κ2) is 7.64. The van der Waals surface area contributed by atoms with E-state index in [2.05, 4.69) is 66.8 Å². The Bertz CT molecular complexity index is 812. The van der Waals surface area contributed by atoms with E-state index in [1.54, 1.807) is 0 Å². The largest absolute Gasteiger partial charge is 3.00 e. The molecule has 3 heteroatoms. The van der Waals surface area contributed by atoms with Crippen molar-refractivity contribution in [3.8, 4) is 0 Å². The molecule has 0 aromatic heterocycles. The monoisotopic (exact) mass is 435 g/mol. The predicted molar refractivity (Wildman–Crippen MR) is 78.8 cm³/mol. The van der Waals surface area contributed by atoms with E-state index in [4.69, 9.17) is 0 Å². The zero-order valence-electron chi connectivity index (χ0n) is 11.3. The summed E-state index contributed by atoms with van der Waals surface area (Å²) >= 11 is 0. The maximum atomic E-state index is 2.32. The summed E-state index contributed by atoms with van der Waals surface area (Å²) in [5, 5.41) is 5.46. The van der Waals surface area contributed by atoms with E-state index < -0.39 is 0 Å². The van der Waals surface area contributed by atoms with Gasteiger partial charge < -0.3 is 34.0 Å². The molecule has 21 heavy (non-hydrogen) atoms. The molecule has 0 nitrogen and oxygen atoms in total. The summed E-state index contributed by atoms with van der Waals surface area (Å²) in [6.45, 7) is 0. The van der Waals surface area contributed by atoms with Crippen LogP contribution < -0.4 is 34.0 Å². The van der Waals surface area contributed by atoms with Crippen LogP contribution in [0, 0.1) is 0 Å². The number of benzene rings is 2. The van der Waals surface area contributed by atoms with Gasteiger partial charge in [0.2, 0.25) is 0 Å². The first kappa shape index (κ1) is 18.5. The zero-order chi connectivity index (χ0) is 11.9. The molecule has 0 saturated carbocycles. The van der Waals surface area contributed by atoms with Gasteiger partial charge in [0.25, 0.3) is 0 Å². The molecule has 1 aliphatic rings. The van der Waals surface area contributed by atoms with E-state index in [9.17, 15) is 0 Å². The van der Waals surface area contributed by atoms with Gasteiger partial charge in [0, 0.05) is 0 Å². The van der Waals surface area contributed by atoms with Crippen LogP contribution >= 0.6 is 0 Å². The van der Waals surface area contributed by atoms with Crippen molar-refractivity contribution in [3.63, 3.8) is 0 Å². The maximum absolute atomic E-state index is 2.32. The topological polar surface area (TPSA) is 0 Å². The van der Waals surface area contributed by atoms with E-state index >= 15 is 0 Å². The first-order chi connectivity index (χ1) is 8.93. The molecule has 0 spiro atoms.